The number of halogens is 1. The summed E-state index contributed by atoms with van der Waals surface area (Å²) in [5, 5.41) is 5.27. The molecule has 0 bridgehead atoms. The Kier molecular flexibility index (Phi) is 4.92. The zero-order valence-electron chi connectivity index (χ0n) is 12.2. The van der Waals surface area contributed by atoms with Crippen LogP contribution in [0.25, 0.3) is 0 Å². The molecular formula is C14H16FN3O3S. The van der Waals surface area contributed by atoms with Crippen molar-refractivity contribution in [3.05, 3.63) is 29.6 Å². The fraction of sp³-hybridized carbons (Fsp3) is 0.357. The number of nitrogens with one attached hydrogen (secondary N) is 2. The van der Waals surface area contributed by atoms with Crippen molar-refractivity contribution < 1.29 is 18.7 Å². The summed E-state index contributed by atoms with van der Waals surface area (Å²) in [6.07, 6.45) is -0.923. The summed E-state index contributed by atoms with van der Waals surface area (Å²) in [5.41, 5.74) is 0.269. The maximum Gasteiger partial charge on any atom is 0.414 e. The van der Waals surface area contributed by atoms with E-state index in [0.717, 1.165) is 6.07 Å². The number of thiocarbonyl (C=S) groups is 1. The second kappa shape index (κ2) is 6.69. The highest BCUT2D eigenvalue weighted by atomic mass is 32.1. The van der Waals surface area contributed by atoms with E-state index in [-0.39, 0.29) is 18.2 Å². The third-order valence-electron chi connectivity index (χ3n) is 3.19. The lowest BCUT2D eigenvalue weighted by Gasteiger charge is -2.14. The van der Waals surface area contributed by atoms with E-state index in [1.54, 1.807) is 6.92 Å². The van der Waals surface area contributed by atoms with Crippen molar-refractivity contribution in [2.24, 2.45) is 0 Å². The van der Waals surface area contributed by atoms with Crippen molar-refractivity contribution in [2.45, 2.75) is 13.0 Å². The molecule has 1 saturated heterocycles. The third kappa shape index (κ3) is 3.51. The topological polar surface area (TPSA) is 70.7 Å². The minimum Gasteiger partial charge on any atom is -0.442 e. The Labute approximate surface area is 132 Å². The molecular weight excluding hydrogens is 309 g/mol. The summed E-state index contributed by atoms with van der Waals surface area (Å²) < 4.78 is 19.1. The normalized spacial score (nSPS) is 17.1. The summed E-state index contributed by atoms with van der Waals surface area (Å²) >= 11 is 4.90. The van der Waals surface area contributed by atoms with Gasteiger partial charge in [-0.3, -0.25) is 9.69 Å². The molecule has 0 aliphatic carbocycles. The van der Waals surface area contributed by atoms with E-state index in [0.29, 0.717) is 17.2 Å². The molecule has 1 aliphatic heterocycles. The molecule has 6 nitrogen and oxygen atoms in total. The lowest BCUT2D eigenvalue weighted by atomic mass is 10.1. The predicted molar refractivity (Wildman–Crippen MR) is 83.7 cm³/mol. The first kappa shape index (κ1) is 16.2. The van der Waals surface area contributed by atoms with Crippen molar-refractivity contribution in [2.75, 3.05) is 25.0 Å². The predicted octanol–water partition coefficient (Wildman–Crippen LogP) is 1.45. The van der Waals surface area contributed by atoms with Crippen LogP contribution in [0.3, 0.4) is 0 Å². The summed E-state index contributed by atoms with van der Waals surface area (Å²) in [7, 11) is 1.42. The molecule has 0 radical (unpaired) electrons. The number of carbonyl (C=O) groups is 2. The molecule has 1 atom stereocenters. The molecule has 0 aromatic heterocycles. The van der Waals surface area contributed by atoms with Gasteiger partial charge in [0.05, 0.1) is 29.3 Å². The van der Waals surface area contributed by atoms with Gasteiger partial charge in [-0.15, -0.1) is 0 Å². The van der Waals surface area contributed by atoms with Gasteiger partial charge in [0.1, 0.15) is 11.9 Å². The van der Waals surface area contributed by atoms with Gasteiger partial charge in [-0.2, -0.15) is 0 Å². The van der Waals surface area contributed by atoms with Crippen LogP contribution in [0.1, 0.15) is 17.3 Å². The zero-order valence-corrected chi connectivity index (χ0v) is 13.0. The molecule has 1 aromatic carbocycles. The van der Waals surface area contributed by atoms with E-state index in [1.807, 2.05) is 0 Å². The SMILES string of the molecule is CNC(=O)c1ccc(N2C[C@H](CNC(C)=S)OC2=O)cc1F. The minimum atomic E-state index is -0.694. The number of carbonyl (C=O) groups excluding carboxylic acids is 2. The van der Waals surface area contributed by atoms with Gasteiger partial charge >= 0.3 is 6.09 Å². The van der Waals surface area contributed by atoms with E-state index in [9.17, 15) is 14.0 Å². The zero-order chi connectivity index (χ0) is 16.3. The van der Waals surface area contributed by atoms with Crippen LogP contribution in [0, 0.1) is 5.82 Å². The Morgan fingerprint density at radius 1 is 1.55 bits per heavy atom. The quantitative estimate of drug-likeness (QED) is 0.820. The van der Waals surface area contributed by atoms with Gasteiger partial charge in [-0.1, -0.05) is 12.2 Å². The number of benzene rings is 1. The lowest BCUT2D eigenvalue weighted by Crippen LogP contribution is -2.32. The van der Waals surface area contributed by atoms with E-state index >= 15 is 0 Å². The number of nitrogens with zero attached hydrogens (tertiary/aromatic N) is 1. The summed E-state index contributed by atoms with van der Waals surface area (Å²) in [5.74, 6) is -1.22. The first-order valence-corrected chi connectivity index (χ1v) is 7.07. The van der Waals surface area contributed by atoms with Crippen LogP contribution in [0.15, 0.2) is 18.2 Å². The van der Waals surface area contributed by atoms with E-state index in [4.69, 9.17) is 17.0 Å². The number of cyclic esters (lactones) is 1. The summed E-state index contributed by atoms with van der Waals surface area (Å²) in [6.45, 7) is 2.42. The second-order valence-electron chi connectivity index (χ2n) is 4.80. The number of amides is 2. The third-order valence-corrected chi connectivity index (χ3v) is 3.33. The molecule has 1 heterocycles. The number of anilines is 1. The van der Waals surface area contributed by atoms with Gasteiger partial charge in [0, 0.05) is 7.05 Å². The van der Waals surface area contributed by atoms with Crippen LogP contribution in [0.4, 0.5) is 14.9 Å². The highest BCUT2D eigenvalue weighted by molar-refractivity contribution is 7.80. The Morgan fingerprint density at radius 2 is 2.27 bits per heavy atom. The fourth-order valence-corrected chi connectivity index (χ4v) is 2.17. The van der Waals surface area contributed by atoms with Crippen molar-refractivity contribution in [1.29, 1.82) is 0 Å². The van der Waals surface area contributed by atoms with Gasteiger partial charge in [0.25, 0.3) is 5.91 Å². The van der Waals surface area contributed by atoms with Crippen molar-refractivity contribution >= 4 is 34.9 Å². The first-order chi connectivity index (χ1) is 10.4. The summed E-state index contributed by atoms with van der Waals surface area (Å²) in [6, 6.07) is 3.99. The average Bonchev–Trinajstić information content (AvgIpc) is 2.85. The molecule has 1 fully saturated rings. The minimum absolute atomic E-state index is 0.0756. The number of rotatable bonds is 4. The van der Waals surface area contributed by atoms with Gasteiger partial charge in [-0.05, 0) is 25.1 Å². The van der Waals surface area contributed by atoms with Crippen molar-refractivity contribution in [3.63, 3.8) is 0 Å². The lowest BCUT2D eigenvalue weighted by molar-refractivity contribution is 0.0959. The monoisotopic (exact) mass is 325 g/mol. The number of ether oxygens (including phenoxy) is 1. The van der Waals surface area contributed by atoms with Crippen LogP contribution in [-0.2, 0) is 4.74 Å². The Morgan fingerprint density at radius 3 is 2.86 bits per heavy atom. The molecule has 2 rings (SSSR count). The van der Waals surface area contributed by atoms with Gasteiger partial charge in [0.15, 0.2) is 0 Å². The van der Waals surface area contributed by atoms with Gasteiger partial charge in [0.2, 0.25) is 0 Å². The van der Waals surface area contributed by atoms with E-state index < -0.39 is 17.8 Å². The Hall–Kier alpha value is -2.22. The van der Waals surface area contributed by atoms with Crippen LogP contribution in [-0.4, -0.2) is 43.2 Å². The molecule has 118 valence electrons. The standard InChI is InChI=1S/C14H16FN3O3S/c1-8(22)17-6-10-7-18(14(20)21-10)9-3-4-11(12(15)5-9)13(19)16-2/h3-5,10H,6-7H2,1-2H3,(H,16,19)(H,17,22)/t10-/m0/s1. The van der Waals surface area contributed by atoms with Crippen LogP contribution in [0.2, 0.25) is 0 Å². The van der Waals surface area contributed by atoms with Gasteiger partial charge < -0.3 is 15.4 Å². The molecule has 2 amide bonds. The molecule has 0 spiro atoms. The molecule has 22 heavy (non-hydrogen) atoms. The van der Waals surface area contributed by atoms with E-state index in [2.05, 4.69) is 10.6 Å². The van der Waals surface area contributed by atoms with Crippen molar-refractivity contribution in [1.82, 2.24) is 10.6 Å². The maximum atomic E-state index is 14.0. The Bertz CT molecular complexity index is 623. The summed E-state index contributed by atoms with van der Waals surface area (Å²) in [4.78, 5) is 25.2. The molecule has 1 aromatic rings. The van der Waals surface area contributed by atoms with Crippen LogP contribution >= 0.6 is 12.2 Å². The van der Waals surface area contributed by atoms with Crippen LogP contribution in [0.5, 0.6) is 0 Å². The smallest absolute Gasteiger partial charge is 0.414 e. The molecule has 1 aliphatic rings. The molecule has 8 heteroatoms. The van der Waals surface area contributed by atoms with Crippen LogP contribution < -0.4 is 15.5 Å². The number of hydrogen-bond donors (Lipinski definition) is 2. The Balaban J connectivity index is 2.12. The van der Waals surface area contributed by atoms with Crippen molar-refractivity contribution in [3.8, 4) is 0 Å². The molecule has 0 unspecified atom stereocenters. The van der Waals surface area contributed by atoms with Gasteiger partial charge in [-0.25, -0.2) is 9.18 Å². The fourth-order valence-electron chi connectivity index (χ4n) is 2.09. The number of hydrogen-bond acceptors (Lipinski definition) is 4. The van der Waals surface area contributed by atoms with E-state index in [1.165, 1.54) is 24.1 Å². The molecule has 2 N–H and O–H groups in total. The highest BCUT2D eigenvalue weighted by Gasteiger charge is 2.32. The largest absolute Gasteiger partial charge is 0.442 e. The second-order valence-corrected chi connectivity index (χ2v) is 5.41. The highest BCUT2D eigenvalue weighted by Crippen LogP contribution is 2.23. The average molecular weight is 325 g/mol. The first-order valence-electron chi connectivity index (χ1n) is 6.66. The maximum absolute atomic E-state index is 14.0. The molecule has 0 saturated carbocycles.